The van der Waals surface area contributed by atoms with Gasteiger partial charge in [0.2, 0.25) is 0 Å². The maximum absolute atomic E-state index is 5.12. The van der Waals surface area contributed by atoms with Crippen LogP contribution in [0, 0.1) is 0 Å². The van der Waals surface area contributed by atoms with Gasteiger partial charge in [-0.05, 0) is 40.8 Å². The molecule has 21 heavy (non-hydrogen) atoms. The van der Waals surface area contributed by atoms with Crippen LogP contribution in [0.2, 0.25) is 0 Å². The first-order valence-electron chi connectivity index (χ1n) is 7.03. The Morgan fingerprint density at radius 2 is 1.57 bits per heavy atom. The minimum atomic E-state index is 0.178. The molecule has 3 nitrogen and oxygen atoms in total. The number of hydrazone groups is 1. The fourth-order valence-electron chi connectivity index (χ4n) is 1.92. The molecular formula is C18H22N2O. The van der Waals surface area contributed by atoms with Crippen LogP contribution < -0.4 is 10.2 Å². The summed E-state index contributed by atoms with van der Waals surface area (Å²) in [5.74, 6) is 0.835. The summed E-state index contributed by atoms with van der Waals surface area (Å²) in [6, 6.07) is 16.1. The molecule has 0 amide bonds. The Labute approximate surface area is 126 Å². The molecule has 0 aliphatic rings. The minimum absolute atomic E-state index is 0.178. The van der Waals surface area contributed by atoms with E-state index in [1.54, 1.807) is 7.11 Å². The van der Waals surface area contributed by atoms with Crippen LogP contribution in [0.5, 0.6) is 5.75 Å². The van der Waals surface area contributed by atoms with Crippen LogP contribution in [-0.2, 0) is 5.41 Å². The second-order valence-corrected chi connectivity index (χ2v) is 5.97. The van der Waals surface area contributed by atoms with E-state index in [9.17, 15) is 0 Å². The van der Waals surface area contributed by atoms with Crippen LogP contribution in [0.1, 0.15) is 31.9 Å². The molecular weight excluding hydrogens is 260 g/mol. The van der Waals surface area contributed by atoms with E-state index in [0.29, 0.717) is 0 Å². The molecule has 0 radical (unpaired) electrons. The van der Waals surface area contributed by atoms with Crippen molar-refractivity contribution in [3.05, 3.63) is 59.7 Å². The van der Waals surface area contributed by atoms with Crippen LogP contribution in [-0.4, -0.2) is 13.3 Å². The van der Waals surface area contributed by atoms with Gasteiger partial charge >= 0.3 is 0 Å². The Bertz CT molecular complexity index is 593. The molecule has 0 spiro atoms. The third-order valence-electron chi connectivity index (χ3n) is 3.27. The lowest BCUT2D eigenvalue weighted by Crippen LogP contribution is -2.10. The normalized spacial score (nSPS) is 11.6. The van der Waals surface area contributed by atoms with Crippen LogP contribution in [0.25, 0.3) is 0 Å². The van der Waals surface area contributed by atoms with Gasteiger partial charge in [-0.15, -0.1) is 0 Å². The zero-order valence-electron chi connectivity index (χ0n) is 13.1. The first-order chi connectivity index (χ1) is 9.99. The quantitative estimate of drug-likeness (QED) is 0.664. The van der Waals surface area contributed by atoms with E-state index in [0.717, 1.165) is 17.0 Å². The summed E-state index contributed by atoms with van der Waals surface area (Å²) in [6.07, 6.45) is 1.82. The van der Waals surface area contributed by atoms with Crippen molar-refractivity contribution in [2.24, 2.45) is 5.10 Å². The highest BCUT2D eigenvalue weighted by Crippen LogP contribution is 2.21. The molecule has 0 bridgehead atoms. The zero-order chi connectivity index (χ0) is 15.3. The highest BCUT2D eigenvalue weighted by molar-refractivity contribution is 5.80. The van der Waals surface area contributed by atoms with Crippen molar-refractivity contribution >= 4 is 11.9 Å². The number of methoxy groups -OCH3 is 1. The Hall–Kier alpha value is -2.29. The number of nitrogens with one attached hydrogen (secondary N) is 1. The third kappa shape index (κ3) is 4.35. The topological polar surface area (TPSA) is 33.6 Å². The molecule has 0 heterocycles. The molecule has 0 aliphatic carbocycles. The fraction of sp³-hybridized carbons (Fsp3) is 0.278. The standard InChI is InChI=1S/C18H22N2O/c1-18(2,3)15-7-5-14(6-8-15)13-19-20-16-9-11-17(21-4)12-10-16/h5-13,20H,1-4H3/b19-13+. The average Bonchev–Trinajstić information content (AvgIpc) is 2.47. The van der Waals surface area contributed by atoms with Crippen molar-refractivity contribution in [2.75, 3.05) is 12.5 Å². The van der Waals surface area contributed by atoms with Crippen LogP contribution >= 0.6 is 0 Å². The molecule has 1 N–H and O–H groups in total. The van der Waals surface area contributed by atoms with Crippen molar-refractivity contribution in [3.63, 3.8) is 0 Å². The molecule has 0 aliphatic heterocycles. The highest BCUT2D eigenvalue weighted by Gasteiger charge is 2.12. The Kier molecular flexibility index (Phi) is 4.63. The van der Waals surface area contributed by atoms with E-state index < -0.39 is 0 Å². The summed E-state index contributed by atoms with van der Waals surface area (Å²) in [5, 5.41) is 4.24. The molecule has 0 fully saturated rings. The number of ether oxygens (including phenoxy) is 1. The fourth-order valence-corrected chi connectivity index (χ4v) is 1.92. The molecule has 2 aromatic carbocycles. The monoisotopic (exact) mass is 282 g/mol. The number of anilines is 1. The number of rotatable bonds is 4. The van der Waals surface area contributed by atoms with Crippen molar-refractivity contribution in [2.45, 2.75) is 26.2 Å². The summed E-state index contributed by atoms with van der Waals surface area (Å²) in [4.78, 5) is 0. The van der Waals surface area contributed by atoms with Gasteiger partial charge in [0.1, 0.15) is 5.75 Å². The lowest BCUT2D eigenvalue weighted by Gasteiger charge is -2.18. The van der Waals surface area contributed by atoms with Gasteiger partial charge in [0.05, 0.1) is 19.0 Å². The van der Waals surface area contributed by atoms with E-state index >= 15 is 0 Å². The number of hydrogen-bond donors (Lipinski definition) is 1. The van der Waals surface area contributed by atoms with Crippen LogP contribution in [0.15, 0.2) is 53.6 Å². The molecule has 0 aromatic heterocycles. The highest BCUT2D eigenvalue weighted by atomic mass is 16.5. The van der Waals surface area contributed by atoms with E-state index in [1.165, 1.54) is 5.56 Å². The average molecular weight is 282 g/mol. The first kappa shape index (κ1) is 15.1. The lowest BCUT2D eigenvalue weighted by atomic mass is 9.87. The number of nitrogens with zero attached hydrogens (tertiary/aromatic N) is 1. The van der Waals surface area contributed by atoms with Gasteiger partial charge < -0.3 is 4.74 Å². The summed E-state index contributed by atoms with van der Waals surface area (Å²) in [6.45, 7) is 6.63. The van der Waals surface area contributed by atoms with Gasteiger partial charge in [-0.1, -0.05) is 45.0 Å². The van der Waals surface area contributed by atoms with Crippen LogP contribution in [0.3, 0.4) is 0 Å². The molecule has 0 atom stereocenters. The summed E-state index contributed by atoms with van der Waals surface area (Å²) < 4.78 is 5.12. The van der Waals surface area contributed by atoms with Gasteiger partial charge in [-0.3, -0.25) is 5.43 Å². The van der Waals surface area contributed by atoms with Gasteiger partial charge in [0.15, 0.2) is 0 Å². The van der Waals surface area contributed by atoms with Crippen molar-refractivity contribution in [1.82, 2.24) is 0 Å². The molecule has 0 saturated carbocycles. The van der Waals surface area contributed by atoms with Gasteiger partial charge in [-0.25, -0.2) is 0 Å². The van der Waals surface area contributed by atoms with Gasteiger partial charge in [0.25, 0.3) is 0 Å². The van der Waals surface area contributed by atoms with E-state index in [4.69, 9.17) is 4.74 Å². The lowest BCUT2D eigenvalue weighted by molar-refractivity contribution is 0.415. The zero-order valence-corrected chi connectivity index (χ0v) is 13.1. The summed E-state index contributed by atoms with van der Waals surface area (Å²) >= 11 is 0. The Morgan fingerprint density at radius 1 is 0.952 bits per heavy atom. The SMILES string of the molecule is COc1ccc(N/N=C/c2ccc(C(C)(C)C)cc2)cc1. The van der Waals surface area contributed by atoms with Gasteiger partial charge in [-0.2, -0.15) is 5.10 Å². The molecule has 2 rings (SSSR count). The minimum Gasteiger partial charge on any atom is -0.497 e. The van der Waals surface area contributed by atoms with Crippen molar-refractivity contribution in [1.29, 1.82) is 0 Å². The van der Waals surface area contributed by atoms with E-state index in [2.05, 4.69) is 55.6 Å². The van der Waals surface area contributed by atoms with Crippen molar-refractivity contribution < 1.29 is 4.74 Å². The predicted octanol–water partition coefficient (Wildman–Crippen LogP) is 4.44. The molecule has 0 unspecified atom stereocenters. The van der Waals surface area contributed by atoms with E-state index in [-0.39, 0.29) is 5.41 Å². The second-order valence-electron chi connectivity index (χ2n) is 5.97. The largest absolute Gasteiger partial charge is 0.497 e. The summed E-state index contributed by atoms with van der Waals surface area (Å²) in [5.41, 5.74) is 6.50. The Morgan fingerprint density at radius 3 is 2.10 bits per heavy atom. The van der Waals surface area contributed by atoms with Crippen LogP contribution in [0.4, 0.5) is 5.69 Å². The molecule has 0 saturated heterocycles. The smallest absolute Gasteiger partial charge is 0.119 e. The number of hydrogen-bond acceptors (Lipinski definition) is 3. The molecule has 3 heteroatoms. The maximum Gasteiger partial charge on any atom is 0.119 e. The first-order valence-corrected chi connectivity index (χ1v) is 7.03. The maximum atomic E-state index is 5.12. The van der Waals surface area contributed by atoms with Gasteiger partial charge in [0, 0.05) is 0 Å². The second kappa shape index (κ2) is 6.44. The third-order valence-corrected chi connectivity index (χ3v) is 3.27. The summed E-state index contributed by atoms with van der Waals surface area (Å²) in [7, 11) is 1.65. The van der Waals surface area contributed by atoms with E-state index in [1.807, 2.05) is 30.5 Å². The Balaban J connectivity index is 1.97. The molecule has 2 aromatic rings. The predicted molar refractivity (Wildman–Crippen MR) is 89.4 cm³/mol. The molecule has 110 valence electrons. The van der Waals surface area contributed by atoms with Crippen molar-refractivity contribution in [3.8, 4) is 5.75 Å². The number of benzene rings is 2.